The zero-order chi connectivity index (χ0) is 13.4. The van der Waals surface area contributed by atoms with E-state index in [0.717, 1.165) is 33.4 Å². The molecular formula is C16H20O3. The summed E-state index contributed by atoms with van der Waals surface area (Å²) in [5.74, 6) is 0.589. The lowest BCUT2D eigenvalue weighted by atomic mass is 9.89. The van der Waals surface area contributed by atoms with Gasteiger partial charge in [0.25, 0.3) is 0 Å². The van der Waals surface area contributed by atoms with Crippen molar-refractivity contribution in [2.24, 2.45) is 0 Å². The summed E-state index contributed by atoms with van der Waals surface area (Å²) in [6.07, 6.45) is 0. The number of aromatic hydroxyl groups is 2. The third-order valence-corrected chi connectivity index (χ3v) is 3.28. The van der Waals surface area contributed by atoms with E-state index in [1.807, 2.05) is 27.7 Å². The van der Waals surface area contributed by atoms with Crippen molar-refractivity contribution in [3.05, 3.63) is 46.5 Å². The van der Waals surface area contributed by atoms with E-state index < -0.39 is 0 Å². The maximum Gasteiger partial charge on any atom is 0.116 e. The highest BCUT2D eigenvalue weighted by Gasteiger charge is 2.13. The fourth-order valence-electron chi connectivity index (χ4n) is 2.67. The second kappa shape index (κ2) is 5.33. The quantitative estimate of drug-likeness (QED) is 0.826. The fraction of sp³-hybridized carbons (Fsp3) is 0.250. The van der Waals surface area contributed by atoms with E-state index in [2.05, 4.69) is 0 Å². The van der Waals surface area contributed by atoms with Gasteiger partial charge in [-0.25, -0.2) is 0 Å². The van der Waals surface area contributed by atoms with Crippen LogP contribution in [-0.4, -0.2) is 15.7 Å². The molecule has 0 spiro atoms. The Kier molecular flexibility index (Phi) is 4.22. The number of aryl methyl sites for hydroxylation is 4. The maximum atomic E-state index is 9.61. The molecule has 0 radical (unpaired) electrons. The zero-order valence-corrected chi connectivity index (χ0v) is 11.7. The predicted molar refractivity (Wildman–Crippen MR) is 77.8 cm³/mol. The smallest absolute Gasteiger partial charge is 0.116 e. The Morgan fingerprint density at radius 3 is 1.00 bits per heavy atom. The molecule has 2 aromatic carbocycles. The third kappa shape index (κ3) is 2.71. The number of hydrogen-bond acceptors (Lipinski definition) is 2. The van der Waals surface area contributed by atoms with E-state index in [4.69, 9.17) is 0 Å². The topological polar surface area (TPSA) is 72.0 Å². The van der Waals surface area contributed by atoms with Crippen LogP contribution in [0.2, 0.25) is 0 Å². The van der Waals surface area contributed by atoms with Crippen LogP contribution in [0.3, 0.4) is 0 Å². The average molecular weight is 260 g/mol. The molecule has 0 aliphatic rings. The summed E-state index contributed by atoms with van der Waals surface area (Å²) in [6.45, 7) is 7.98. The number of phenols is 2. The first-order valence-electron chi connectivity index (χ1n) is 6.01. The highest BCUT2D eigenvalue weighted by Crippen LogP contribution is 2.36. The van der Waals surface area contributed by atoms with Gasteiger partial charge in [-0.15, -0.1) is 0 Å². The van der Waals surface area contributed by atoms with E-state index in [1.165, 1.54) is 0 Å². The van der Waals surface area contributed by atoms with Crippen LogP contribution < -0.4 is 0 Å². The Morgan fingerprint density at radius 2 is 0.789 bits per heavy atom. The Morgan fingerprint density at radius 1 is 0.579 bits per heavy atom. The summed E-state index contributed by atoms with van der Waals surface area (Å²) in [4.78, 5) is 0. The van der Waals surface area contributed by atoms with E-state index in [-0.39, 0.29) is 5.48 Å². The molecule has 4 N–H and O–H groups in total. The molecule has 3 nitrogen and oxygen atoms in total. The first kappa shape index (κ1) is 15.1. The Balaban J connectivity index is 0.00000180. The molecule has 0 atom stereocenters. The normalized spacial score (nSPS) is 10.1. The molecule has 0 aliphatic carbocycles. The summed E-state index contributed by atoms with van der Waals surface area (Å²) in [5.41, 5.74) is 6.47. The van der Waals surface area contributed by atoms with Gasteiger partial charge in [0, 0.05) is 0 Å². The molecule has 0 saturated carbocycles. The van der Waals surface area contributed by atoms with Gasteiger partial charge < -0.3 is 15.7 Å². The Bertz CT molecular complexity index is 514. The molecule has 0 aromatic heterocycles. The monoisotopic (exact) mass is 260 g/mol. The van der Waals surface area contributed by atoms with Gasteiger partial charge in [-0.1, -0.05) is 0 Å². The lowest BCUT2D eigenvalue weighted by Gasteiger charge is -2.16. The lowest BCUT2D eigenvalue weighted by Crippen LogP contribution is -1.94. The van der Waals surface area contributed by atoms with Crippen molar-refractivity contribution in [3.8, 4) is 22.6 Å². The van der Waals surface area contributed by atoms with Crippen LogP contribution in [0.25, 0.3) is 11.1 Å². The van der Waals surface area contributed by atoms with E-state index in [9.17, 15) is 10.2 Å². The van der Waals surface area contributed by atoms with Crippen LogP contribution in [0, 0.1) is 27.7 Å². The molecule has 2 rings (SSSR count). The highest BCUT2D eigenvalue weighted by molar-refractivity contribution is 5.77. The molecule has 0 amide bonds. The lowest BCUT2D eigenvalue weighted by molar-refractivity contribution is 0.473. The van der Waals surface area contributed by atoms with E-state index >= 15 is 0 Å². The number of rotatable bonds is 1. The molecule has 0 bridgehead atoms. The molecule has 0 saturated heterocycles. The minimum atomic E-state index is 0. The highest BCUT2D eigenvalue weighted by atomic mass is 16.3. The van der Waals surface area contributed by atoms with E-state index in [1.54, 1.807) is 24.3 Å². The van der Waals surface area contributed by atoms with Crippen LogP contribution in [0.1, 0.15) is 22.3 Å². The minimum Gasteiger partial charge on any atom is -0.508 e. The van der Waals surface area contributed by atoms with Gasteiger partial charge in [0.05, 0.1) is 0 Å². The van der Waals surface area contributed by atoms with Gasteiger partial charge in [-0.2, -0.15) is 0 Å². The molecule has 0 unspecified atom stereocenters. The summed E-state index contributed by atoms with van der Waals surface area (Å²) in [6, 6.07) is 7.09. The van der Waals surface area contributed by atoms with Gasteiger partial charge in [0.1, 0.15) is 11.5 Å². The Hall–Kier alpha value is -2.00. The molecule has 2 aromatic rings. The third-order valence-electron chi connectivity index (χ3n) is 3.28. The maximum absolute atomic E-state index is 9.61. The number of benzene rings is 2. The van der Waals surface area contributed by atoms with Gasteiger partial charge in [0.15, 0.2) is 0 Å². The molecule has 0 heterocycles. The van der Waals surface area contributed by atoms with Gasteiger partial charge >= 0.3 is 0 Å². The van der Waals surface area contributed by atoms with Crippen molar-refractivity contribution in [1.29, 1.82) is 0 Å². The van der Waals surface area contributed by atoms with Crippen molar-refractivity contribution in [2.75, 3.05) is 0 Å². The van der Waals surface area contributed by atoms with Crippen molar-refractivity contribution in [1.82, 2.24) is 0 Å². The molecule has 102 valence electrons. The molecule has 3 heteroatoms. The predicted octanol–water partition coefficient (Wildman–Crippen LogP) is 3.17. The molecular weight excluding hydrogens is 240 g/mol. The van der Waals surface area contributed by atoms with E-state index in [0.29, 0.717) is 11.5 Å². The second-order valence-corrected chi connectivity index (χ2v) is 4.91. The van der Waals surface area contributed by atoms with Gasteiger partial charge in [-0.05, 0) is 85.3 Å². The Labute approximate surface area is 113 Å². The fourth-order valence-corrected chi connectivity index (χ4v) is 2.67. The van der Waals surface area contributed by atoms with Crippen LogP contribution in [0.15, 0.2) is 24.3 Å². The van der Waals surface area contributed by atoms with Crippen molar-refractivity contribution >= 4 is 0 Å². The largest absolute Gasteiger partial charge is 0.508 e. The van der Waals surface area contributed by atoms with Gasteiger partial charge in [0.2, 0.25) is 0 Å². The SMILES string of the molecule is Cc1cc(O)cc(C)c1-c1c(C)cc(O)cc1C.O. The molecule has 0 aliphatic heterocycles. The van der Waals surface area contributed by atoms with Crippen LogP contribution >= 0.6 is 0 Å². The number of phenolic OH excluding ortho intramolecular Hbond substituents is 2. The average Bonchev–Trinajstić information content (AvgIpc) is 2.20. The summed E-state index contributed by atoms with van der Waals surface area (Å²) in [5, 5.41) is 19.2. The van der Waals surface area contributed by atoms with Crippen molar-refractivity contribution in [2.45, 2.75) is 27.7 Å². The standard InChI is InChI=1S/C16H18O2.H2O/c1-9-5-13(17)6-10(2)15(9)16-11(3)7-14(18)8-12(16)4;/h5-8,17-18H,1-4H3;1H2. The van der Waals surface area contributed by atoms with Crippen molar-refractivity contribution in [3.63, 3.8) is 0 Å². The van der Waals surface area contributed by atoms with Gasteiger partial charge in [-0.3, -0.25) is 0 Å². The summed E-state index contributed by atoms with van der Waals surface area (Å²) < 4.78 is 0. The minimum absolute atomic E-state index is 0. The first-order valence-corrected chi connectivity index (χ1v) is 6.01. The van der Waals surface area contributed by atoms with Crippen LogP contribution in [-0.2, 0) is 0 Å². The first-order chi connectivity index (χ1) is 8.40. The zero-order valence-electron chi connectivity index (χ0n) is 11.7. The van der Waals surface area contributed by atoms with Crippen LogP contribution in [0.4, 0.5) is 0 Å². The molecule has 0 fully saturated rings. The van der Waals surface area contributed by atoms with Crippen LogP contribution in [0.5, 0.6) is 11.5 Å². The molecule has 19 heavy (non-hydrogen) atoms. The summed E-state index contributed by atoms with van der Waals surface area (Å²) in [7, 11) is 0. The van der Waals surface area contributed by atoms with Crippen molar-refractivity contribution < 1.29 is 15.7 Å². The summed E-state index contributed by atoms with van der Waals surface area (Å²) >= 11 is 0. The number of hydrogen-bond donors (Lipinski definition) is 2. The second-order valence-electron chi connectivity index (χ2n) is 4.91.